The second kappa shape index (κ2) is 7.41. The van der Waals surface area contributed by atoms with Crippen molar-refractivity contribution < 1.29 is 13.9 Å². The SMILES string of the molecule is COc1ccc(CCC(=O)NC2CCNC(C)C2)cc1F. The molecule has 1 fully saturated rings. The van der Waals surface area contributed by atoms with Gasteiger partial charge in [0, 0.05) is 18.5 Å². The van der Waals surface area contributed by atoms with Gasteiger partial charge in [0.1, 0.15) is 0 Å². The lowest BCUT2D eigenvalue weighted by molar-refractivity contribution is -0.122. The molecule has 1 aliphatic heterocycles. The fraction of sp³-hybridized carbons (Fsp3) is 0.562. The van der Waals surface area contributed by atoms with Crippen LogP contribution in [-0.2, 0) is 11.2 Å². The summed E-state index contributed by atoms with van der Waals surface area (Å²) >= 11 is 0. The van der Waals surface area contributed by atoms with Gasteiger partial charge in [-0.15, -0.1) is 0 Å². The van der Waals surface area contributed by atoms with Gasteiger partial charge in [-0.2, -0.15) is 0 Å². The van der Waals surface area contributed by atoms with Crippen LogP contribution in [0.5, 0.6) is 5.75 Å². The predicted octanol–water partition coefficient (Wildman–Crippen LogP) is 2.02. The molecule has 1 heterocycles. The van der Waals surface area contributed by atoms with Crippen molar-refractivity contribution in [3.05, 3.63) is 29.6 Å². The summed E-state index contributed by atoms with van der Waals surface area (Å²) in [6.45, 7) is 3.06. The number of ether oxygens (including phenoxy) is 1. The Labute approximate surface area is 125 Å². The van der Waals surface area contributed by atoms with Crippen LogP contribution in [0.25, 0.3) is 0 Å². The van der Waals surface area contributed by atoms with Crippen molar-refractivity contribution >= 4 is 5.91 Å². The maximum absolute atomic E-state index is 13.6. The number of carbonyl (C=O) groups is 1. The molecule has 2 N–H and O–H groups in total. The summed E-state index contributed by atoms with van der Waals surface area (Å²) in [5.41, 5.74) is 0.808. The average molecular weight is 294 g/mol. The number of benzene rings is 1. The Bertz CT molecular complexity index is 493. The Morgan fingerprint density at radius 1 is 1.52 bits per heavy atom. The Morgan fingerprint density at radius 3 is 3.00 bits per heavy atom. The van der Waals surface area contributed by atoms with Crippen molar-refractivity contribution in [2.45, 2.75) is 44.7 Å². The van der Waals surface area contributed by atoms with Gasteiger partial charge in [0.15, 0.2) is 11.6 Å². The standard InChI is InChI=1S/C16H23FN2O2/c1-11-9-13(7-8-18-11)19-16(20)6-4-12-3-5-15(21-2)14(17)10-12/h3,5,10-11,13,18H,4,6-9H2,1-2H3,(H,19,20). The molecule has 21 heavy (non-hydrogen) atoms. The molecule has 0 aromatic heterocycles. The molecule has 2 atom stereocenters. The van der Waals surface area contributed by atoms with Crippen molar-refractivity contribution in [3.8, 4) is 5.75 Å². The highest BCUT2D eigenvalue weighted by molar-refractivity contribution is 5.76. The molecule has 4 nitrogen and oxygen atoms in total. The van der Waals surface area contributed by atoms with E-state index in [1.807, 2.05) is 0 Å². The monoisotopic (exact) mass is 294 g/mol. The van der Waals surface area contributed by atoms with Gasteiger partial charge in [0.25, 0.3) is 0 Å². The molecule has 0 saturated carbocycles. The number of piperidine rings is 1. The molecule has 116 valence electrons. The van der Waals surface area contributed by atoms with Gasteiger partial charge < -0.3 is 15.4 Å². The number of nitrogens with one attached hydrogen (secondary N) is 2. The number of amides is 1. The number of carbonyl (C=O) groups excluding carboxylic acids is 1. The quantitative estimate of drug-likeness (QED) is 0.873. The maximum Gasteiger partial charge on any atom is 0.220 e. The van der Waals surface area contributed by atoms with E-state index in [0.717, 1.165) is 24.9 Å². The topological polar surface area (TPSA) is 50.4 Å². The van der Waals surface area contributed by atoms with Crippen molar-refractivity contribution in [3.63, 3.8) is 0 Å². The summed E-state index contributed by atoms with van der Waals surface area (Å²) in [5, 5.41) is 6.41. The maximum atomic E-state index is 13.6. The molecular formula is C16H23FN2O2. The molecule has 1 aromatic carbocycles. The summed E-state index contributed by atoms with van der Waals surface area (Å²) in [5.74, 6) is -0.125. The van der Waals surface area contributed by atoms with Crippen LogP contribution in [0.15, 0.2) is 18.2 Å². The number of hydrogen-bond donors (Lipinski definition) is 2. The van der Waals surface area contributed by atoms with Gasteiger partial charge in [-0.25, -0.2) is 4.39 Å². The van der Waals surface area contributed by atoms with Gasteiger partial charge in [0.05, 0.1) is 7.11 Å². The van der Waals surface area contributed by atoms with Gasteiger partial charge in [-0.1, -0.05) is 6.07 Å². The van der Waals surface area contributed by atoms with Crippen molar-refractivity contribution in [2.75, 3.05) is 13.7 Å². The Morgan fingerprint density at radius 2 is 2.33 bits per heavy atom. The first kappa shape index (κ1) is 15.8. The van der Waals surface area contributed by atoms with Gasteiger partial charge in [0.2, 0.25) is 5.91 Å². The molecule has 2 unspecified atom stereocenters. The Kier molecular flexibility index (Phi) is 5.56. The highest BCUT2D eigenvalue weighted by Gasteiger charge is 2.19. The fourth-order valence-corrected chi connectivity index (χ4v) is 2.69. The first-order valence-corrected chi connectivity index (χ1v) is 7.43. The predicted molar refractivity (Wildman–Crippen MR) is 79.9 cm³/mol. The largest absolute Gasteiger partial charge is 0.494 e. The average Bonchev–Trinajstić information content (AvgIpc) is 2.45. The van der Waals surface area contributed by atoms with Crippen LogP contribution in [0.2, 0.25) is 0 Å². The third-order valence-electron chi connectivity index (χ3n) is 3.85. The van der Waals surface area contributed by atoms with E-state index < -0.39 is 0 Å². The molecule has 5 heteroatoms. The highest BCUT2D eigenvalue weighted by atomic mass is 19.1. The molecule has 0 spiro atoms. The van der Waals surface area contributed by atoms with Crippen molar-refractivity contribution in [2.24, 2.45) is 0 Å². The van der Waals surface area contributed by atoms with Gasteiger partial charge >= 0.3 is 0 Å². The molecule has 1 amide bonds. The normalized spacial score (nSPS) is 21.9. The molecule has 1 saturated heterocycles. The second-order valence-corrected chi connectivity index (χ2v) is 5.61. The third-order valence-corrected chi connectivity index (χ3v) is 3.85. The van der Waals surface area contributed by atoms with Crippen molar-refractivity contribution in [1.29, 1.82) is 0 Å². The zero-order chi connectivity index (χ0) is 15.2. The Balaban J connectivity index is 1.79. The van der Waals surface area contributed by atoms with Gasteiger partial charge in [-0.05, 0) is 50.4 Å². The summed E-state index contributed by atoms with van der Waals surface area (Å²) in [7, 11) is 1.44. The van der Waals surface area contributed by atoms with Crippen LogP contribution < -0.4 is 15.4 Å². The van der Waals surface area contributed by atoms with Crippen LogP contribution in [0.1, 0.15) is 31.7 Å². The lowest BCUT2D eigenvalue weighted by Crippen LogP contribution is -2.46. The van der Waals surface area contributed by atoms with E-state index in [2.05, 4.69) is 17.6 Å². The molecule has 0 bridgehead atoms. The molecule has 2 rings (SSSR count). The minimum absolute atomic E-state index is 0.0327. The number of hydrogen-bond acceptors (Lipinski definition) is 3. The summed E-state index contributed by atoms with van der Waals surface area (Å²) in [4.78, 5) is 11.9. The first-order valence-electron chi connectivity index (χ1n) is 7.43. The summed E-state index contributed by atoms with van der Waals surface area (Å²) in [6, 6.07) is 5.51. The minimum atomic E-state index is -0.386. The zero-order valence-corrected chi connectivity index (χ0v) is 12.6. The molecule has 1 aliphatic rings. The number of aryl methyl sites for hydroxylation is 1. The van der Waals surface area contributed by atoms with E-state index in [0.29, 0.717) is 18.9 Å². The minimum Gasteiger partial charge on any atom is -0.494 e. The molecule has 1 aromatic rings. The van der Waals surface area contributed by atoms with Crippen LogP contribution >= 0.6 is 0 Å². The summed E-state index contributed by atoms with van der Waals surface area (Å²) in [6.07, 6.45) is 2.84. The summed E-state index contributed by atoms with van der Waals surface area (Å²) < 4.78 is 18.4. The number of rotatable bonds is 5. The van der Waals surface area contributed by atoms with Gasteiger partial charge in [-0.3, -0.25) is 4.79 Å². The van der Waals surface area contributed by atoms with E-state index in [1.54, 1.807) is 12.1 Å². The van der Waals surface area contributed by atoms with Crippen LogP contribution in [0.3, 0.4) is 0 Å². The lowest BCUT2D eigenvalue weighted by Gasteiger charge is -2.28. The molecule has 0 radical (unpaired) electrons. The second-order valence-electron chi connectivity index (χ2n) is 5.61. The van der Waals surface area contributed by atoms with E-state index in [9.17, 15) is 9.18 Å². The van der Waals surface area contributed by atoms with Crippen LogP contribution in [0.4, 0.5) is 4.39 Å². The zero-order valence-electron chi connectivity index (χ0n) is 12.6. The Hall–Kier alpha value is -1.62. The van der Waals surface area contributed by atoms with Crippen LogP contribution in [-0.4, -0.2) is 31.6 Å². The van der Waals surface area contributed by atoms with E-state index in [1.165, 1.54) is 13.2 Å². The fourth-order valence-electron chi connectivity index (χ4n) is 2.69. The molecular weight excluding hydrogens is 271 g/mol. The van der Waals surface area contributed by atoms with E-state index in [-0.39, 0.29) is 23.5 Å². The van der Waals surface area contributed by atoms with E-state index in [4.69, 9.17) is 4.74 Å². The number of halogens is 1. The van der Waals surface area contributed by atoms with E-state index >= 15 is 0 Å². The lowest BCUT2D eigenvalue weighted by atomic mass is 10.0. The van der Waals surface area contributed by atoms with Crippen molar-refractivity contribution in [1.82, 2.24) is 10.6 Å². The third kappa shape index (κ3) is 4.70. The number of methoxy groups -OCH3 is 1. The molecule has 0 aliphatic carbocycles. The highest BCUT2D eigenvalue weighted by Crippen LogP contribution is 2.18. The van der Waals surface area contributed by atoms with Crippen LogP contribution in [0, 0.1) is 5.82 Å². The smallest absolute Gasteiger partial charge is 0.220 e. The first-order chi connectivity index (χ1) is 10.1.